The number of carbonyl (C=O) groups excluding carboxylic acids is 1. The number of aromatic nitrogens is 2. The number of rotatable bonds is 9. The summed E-state index contributed by atoms with van der Waals surface area (Å²) in [6.45, 7) is 1.15. The van der Waals surface area contributed by atoms with Crippen molar-refractivity contribution in [2.24, 2.45) is 0 Å². The zero-order chi connectivity index (χ0) is 17.2. The van der Waals surface area contributed by atoms with E-state index in [9.17, 15) is 4.79 Å². The fourth-order valence-electron chi connectivity index (χ4n) is 2.49. The summed E-state index contributed by atoms with van der Waals surface area (Å²) in [5.74, 6) is 0.677. The first-order chi connectivity index (χ1) is 11.7. The molecule has 5 nitrogen and oxygen atoms in total. The molecule has 2 aromatic rings. The van der Waals surface area contributed by atoms with Crippen LogP contribution in [-0.2, 0) is 22.6 Å². The van der Waals surface area contributed by atoms with Crippen LogP contribution in [0, 0.1) is 0 Å². The van der Waals surface area contributed by atoms with Crippen LogP contribution in [0.25, 0.3) is 0 Å². The van der Waals surface area contributed by atoms with Crippen molar-refractivity contribution in [3.63, 3.8) is 0 Å². The van der Waals surface area contributed by atoms with Crippen molar-refractivity contribution in [1.29, 1.82) is 0 Å². The Morgan fingerprint density at radius 3 is 2.12 bits per heavy atom. The molecule has 0 bridgehead atoms. The average Bonchev–Trinajstić information content (AvgIpc) is 2.63. The number of pyridine rings is 2. The van der Waals surface area contributed by atoms with Gasteiger partial charge in [-0.25, -0.2) is 0 Å². The number of hydrogen-bond acceptors (Lipinski definition) is 6. The normalized spacial score (nSPS) is 12.1. The summed E-state index contributed by atoms with van der Waals surface area (Å²) in [4.78, 5) is 23.2. The molecule has 0 aliphatic rings. The number of ether oxygens (including phenoxy) is 1. The van der Waals surface area contributed by atoms with E-state index in [2.05, 4.69) is 14.9 Å². The lowest BCUT2D eigenvalue weighted by molar-refractivity contribution is -0.147. The van der Waals surface area contributed by atoms with E-state index in [1.807, 2.05) is 42.7 Å². The number of carbonyl (C=O) groups is 1. The predicted molar refractivity (Wildman–Crippen MR) is 96.5 cm³/mol. The van der Waals surface area contributed by atoms with Crippen molar-refractivity contribution in [1.82, 2.24) is 14.9 Å². The van der Waals surface area contributed by atoms with Crippen molar-refractivity contribution in [2.75, 3.05) is 19.1 Å². The molecule has 0 spiro atoms. The van der Waals surface area contributed by atoms with Crippen molar-refractivity contribution in [2.45, 2.75) is 25.6 Å². The molecule has 128 valence electrons. The van der Waals surface area contributed by atoms with Gasteiger partial charge in [0.05, 0.1) is 18.5 Å². The average molecular weight is 345 g/mol. The van der Waals surface area contributed by atoms with Gasteiger partial charge >= 0.3 is 5.97 Å². The van der Waals surface area contributed by atoms with E-state index in [0.717, 1.165) is 23.6 Å². The highest BCUT2D eigenvalue weighted by molar-refractivity contribution is 7.98. The predicted octanol–water partition coefficient (Wildman–Crippen LogP) is 2.77. The van der Waals surface area contributed by atoms with E-state index < -0.39 is 0 Å². The molecule has 2 rings (SSSR count). The SMILES string of the molecule is COC(=O)[C@H](CCSC)N(Cc1ccccn1)Cc1ccccn1. The van der Waals surface area contributed by atoms with Crippen LogP contribution in [0.1, 0.15) is 17.8 Å². The topological polar surface area (TPSA) is 55.3 Å². The lowest BCUT2D eigenvalue weighted by atomic mass is 10.1. The van der Waals surface area contributed by atoms with Gasteiger partial charge in [-0.1, -0.05) is 12.1 Å². The van der Waals surface area contributed by atoms with Gasteiger partial charge in [0.2, 0.25) is 0 Å². The second-order valence-electron chi connectivity index (χ2n) is 5.37. The van der Waals surface area contributed by atoms with Gasteiger partial charge in [-0.05, 0) is 42.7 Å². The summed E-state index contributed by atoms with van der Waals surface area (Å²) in [5.41, 5.74) is 1.85. The first kappa shape index (κ1) is 18.4. The molecule has 0 unspecified atom stereocenters. The van der Waals surface area contributed by atoms with Gasteiger partial charge in [0, 0.05) is 25.5 Å². The highest BCUT2D eigenvalue weighted by Gasteiger charge is 2.27. The molecule has 0 aromatic carbocycles. The van der Waals surface area contributed by atoms with Gasteiger partial charge in [-0.3, -0.25) is 19.7 Å². The molecule has 0 fully saturated rings. The largest absolute Gasteiger partial charge is 0.468 e. The van der Waals surface area contributed by atoms with Gasteiger partial charge in [-0.2, -0.15) is 11.8 Å². The molecule has 24 heavy (non-hydrogen) atoms. The molecule has 0 radical (unpaired) electrons. The van der Waals surface area contributed by atoms with Gasteiger partial charge in [0.15, 0.2) is 0 Å². The maximum Gasteiger partial charge on any atom is 0.323 e. The van der Waals surface area contributed by atoms with E-state index >= 15 is 0 Å². The second-order valence-corrected chi connectivity index (χ2v) is 6.35. The molecule has 0 aliphatic carbocycles. The fourth-order valence-corrected chi connectivity index (χ4v) is 2.95. The second kappa shape index (κ2) is 10.1. The summed E-state index contributed by atoms with van der Waals surface area (Å²) in [6, 6.07) is 11.3. The van der Waals surface area contributed by atoms with Crippen molar-refractivity contribution >= 4 is 17.7 Å². The van der Waals surface area contributed by atoms with Gasteiger partial charge < -0.3 is 4.74 Å². The molecule has 1 atom stereocenters. The standard InChI is InChI=1S/C18H23N3O2S/c1-23-18(22)17(9-12-24-2)21(13-15-7-3-5-10-19-15)14-16-8-4-6-11-20-16/h3-8,10-11,17H,9,12-14H2,1-2H3/t17-/m0/s1. The summed E-state index contributed by atoms with van der Waals surface area (Å²) in [6.07, 6.45) is 6.30. The smallest absolute Gasteiger partial charge is 0.323 e. The number of esters is 1. The Balaban J connectivity index is 2.22. The Bertz CT molecular complexity index is 569. The minimum atomic E-state index is -0.313. The molecule has 2 heterocycles. The highest BCUT2D eigenvalue weighted by atomic mass is 32.2. The summed E-state index contributed by atoms with van der Waals surface area (Å²) < 4.78 is 5.04. The van der Waals surface area contributed by atoms with Crippen LogP contribution >= 0.6 is 11.8 Å². The third-order valence-corrected chi connectivity index (χ3v) is 4.34. The van der Waals surface area contributed by atoms with E-state index in [4.69, 9.17) is 4.74 Å². The quantitative estimate of drug-likeness (QED) is 0.652. The van der Waals surface area contributed by atoms with Crippen LogP contribution in [0.5, 0.6) is 0 Å². The van der Waals surface area contributed by atoms with Crippen LogP contribution < -0.4 is 0 Å². The Labute approximate surface area is 147 Å². The first-order valence-electron chi connectivity index (χ1n) is 7.85. The Kier molecular flexibility index (Phi) is 7.71. The first-order valence-corrected chi connectivity index (χ1v) is 9.24. The molecule has 0 saturated carbocycles. The van der Waals surface area contributed by atoms with Crippen LogP contribution in [0.15, 0.2) is 48.8 Å². The van der Waals surface area contributed by atoms with Crippen LogP contribution in [-0.4, -0.2) is 46.0 Å². The maximum atomic E-state index is 12.3. The highest BCUT2D eigenvalue weighted by Crippen LogP contribution is 2.16. The van der Waals surface area contributed by atoms with Crippen LogP contribution in [0.2, 0.25) is 0 Å². The lowest BCUT2D eigenvalue weighted by Crippen LogP contribution is -2.41. The van der Waals surface area contributed by atoms with Crippen molar-refractivity contribution in [3.8, 4) is 0 Å². The molecule has 0 saturated heterocycles. The number of nitrogens with zero attached hydrogens (tertiary/aromatic N) is 3. The van der Waals surface area contributed by atoms with Gasteiger partial charge in [0.1, 0.15) is 6.04 Å². The monoisotopic (exact) mass is 345 g/mol. The molecule has 0 N–H and O–H groups in total. The lowest BCUT2D eigenvalue weighted by Gasteiger charge is -2.29. The zero-order valence-electron chi connectivity index (χ0n) is 14.1. The molecule has 0 amide bonds. The molecule has 0 aliphatic heterocycles. The summed E-state index contributed by atoms with van der Waals surface area (Å²) >= 11 is 1.72. The van der Waals surface area contributed by atoms with E-state index in [1.54, 1.807) is 24.2 Å². The van der Waals surface area contributed by atoms with E-state index in [1.165, 1.54) is 7.11 Å². The minimum absolute atomic E-state index is 0.212. The maximum absolute atomic E-state index is 12.3. The Hall–Kier alpha value is -1.92. The summed E-state index contributed by atoms with van der Waals surface area (Å²) in [5, 5.41) is 0. The van der Waals surface area contributed by atoms with Gasteiger partial charge in [-0.15, -0.1) is 0 Å². The van der Waals surface area contributed by atoms with Crippen LogP contribution in [0.4, 0.5) is 0 Å². The van der Waals surface area contributed by atoms with Gasteiger partial charge in [0.25, 0.3) is 0 Å². The molecule has 2 aromatic heterocycles. The van der Waals surface area contributed by atoms with Crippen LogP contribution in [0.3, 0.4) is 0 Å². The third kappa shape index (κ3) is 5.62. The van der Waals surface area contributed by atoms with Crippen molar-refractivity contribution < 1.29 is 9.53 Å². The molecule has 6 heteroatoms. The fraction of sp³-hybridized carbons (Fsp3) is 0.389. The molecular formula is C18H23N3O2S. The Morgan fingerprint density at radius 1 is 1.12 bits per heavy atom. The Morgan fingerprint density at radius 2 is 1.71 bits per heavy atom. The van der Waals surface area contributed by atoms with Crippen molar-refractivity contribution in [3.05, 3.63) is 60.2 Å². The number of thioether (sulfide) groups is 1. The number of hydrogen-bond donors (Lipinski definition) is 0. The zero-order valence-corrected chi connectivity index (χ0v) is 14.9. The third-order valence-electron chi connectivity index (χ3n) is 3.69. The summed E-state index contributed by atoms with van der Waals surface area (Å²) in [7, 11) is 1.44. The van der Waals surface area contributed by atoms with E-state index in [-0.39, 0.29) is 12.0 Å². The number of methoxy groups -OCH3 is 1. The minimum Gasteiger partial charge on any atom is -0.468 e. The van der Waals surface area contributed by atoms with E-state index in [0.29, 0.717) is 13.1 Å². The molecular weight excluding hydrogens is 322 g/mol.